The molecule has 1 heteroatoms. The Hall–Kier alpha value is -1.81. The van der Waals surface area contributed by atoms with Crippen LogP contribution in [0.25, 0.3) is 10.8 Å². The smallest absolute Gasteiger partial charge is 0.0991 e. The van der Waals surface area contributed by atoms with Gasteiger partial charge in [-0.1, -0.05) is 24.3 Å². The van der Waals surface area contributed by atoms with Gasteiger partial charge in [0, 0.05) is 0 Å². The Bertz CT molecular complexity index is 492. The molecule has 0 saturated heterocycles. The van der Waals surface area contributed by atoms with E-state index < -0.39 is 0 Å². The molecular formula is C12H9N. The molecule has 0 saturated carbocycles. The summed E-state index contributed by atoms with van der Waals surface area (Å²) in [6.07, 6.45) is 0. The molecule has 2 aromatic rings. The molecule has 1 nitrogen and oxygen atoms in total. The van der Waals surface area contributed by atoms with Crippen LogP contribution in [0.1, 0.15) is 11.1 Å². The topological polar surface area (TPSA) is 23.8 Å². The lowest BCUT2D eigenvalue weighted by Crippen LogP contribution is -1.81. The zero-order valence-electron chi connectivity index (χ0n) is 7.41. The van der Waals surface area contributed by atoms with E-state index in [1.54, 1.807) is 0 Å². The maximum absolute atomic E-state index is 8.77. The fourth-order valence-electron chi connectivity index (χ4n) is 1.57. The van der Waals surface area contributed by atoms with Crippen LogP contribution in [0, 0.1) is 18.3 Å². The number of aryl methyl sites for hydroxylation is 1. The largest absolute Gasteiger partial charge is 0.192 e. The van der Waals surface area contributed by atoms with Crippen molar-refractivity contribution >= 4 is 10.8 Å². The van der Waals surface area contributed by atoms with Gasteiger partial charge in [0.25, 0.3) is 0 Å². The Morgan fingerprint density at radius 2 is 1.92 bits per heavy atom. The molecule has 0 radical (unpaired) electrons. The average molecular weight is 167 g/mol. The molecular weight excluding hydrogens is 158 g/mol. The first-order chi connectivity index (χ1) is 6.31. The zero-order valence-corrected chi connectivity index (χ0v) is 7.41. The maximum atomic E-state index is 8.77. The van der Waals surface area contributed by atoms with Crippen LogP contribution < -0.4 is 0 Å². The standard InChI is InChI=1S/C12H9N/c1-9-6-10(8-13)7-11-4-2-3-5-12(9)11/h2-7H,1H3. The predicted octanol–water partition coefficient (Wildman–Crippen LogP) is 3.02. The number of nitrogens with zero attached hydrogens (tertiary/aromatic N) is 1. The number of hydrogen-bond donors (Lipinski definition) is 0. The molecule has 0 unspecified atom stereocenters. The van der Waals surface area contributed by atoms with Gasteiger partial charge >= 0.3 is 0 Å². The van der Waals surface area contributed by atoms with Crippen molar-refractivity contribution in [1.29, 1.82) is 5.26 Å². The first-order valence-corrected chi connectivity index (χ1v) is 4.21. The Morgan fingerprint density at radius 3 is 2.69 bits per heavy atom. The van der Waals surface area contributed by atoms with Crippen molar-refractivity contribution in [1.82, 2.24) is 0 Å². The van der Waals surface area contributed by atoms with Crippen molar-refractivity contribution < 1.29 is 0 Å². The fraction of sp³-hybridized carbons (Fsp3) is 0.0833. The van der Waals surface area contributed by atoms with Gasteiger partial charge in [0.1, 0.15) is 0 Å². The first-order valence-electron chi connectivity index (χ1n) is 4.21. The van der Waals surface area contributed by atoms with E-state index in [2.05, 4.69) is 12.1 Å². The highest BCUT2D eigenvalue weighted by atomic mass is 14.2. The predicted molar refractivity (Wildman–Crippen MR) is 53.4 cm³/mol. The second-order valence-electron chi connectivity index (χ2n) is 3.13. The number of nitriles is 1. The van der Waals surface area contributed by atoms with Crippen molar-refractivity contribution in [2.24, 2.45) is 0 Å². The fourth-order valence-corrected chi connectivity index (χ4v) is 1.57. The third kappa shape index (κ3) is 1.27. The average Bonchev–Trinajstić information content (AvgIpc) is 2.18. The molecule has 0 aromatic heterocycles. The molecule has 2 rings (SSSR count). The minimum Gasteiger partial charge on any atom is -0.192 e. The van der Waals surface area contributed by atoms with Gasteiger partial charge in [-0.2, -0.15) is 5.26 Å². The van der Waals surface area contributed by atoms with Gasteiger partial charge in [-0.25, -0.2) is 0 Å². The summed E-state index contributed by atoms with van der Waals surface area (Å²) in [4.78, 5) is 0. The summed E-state index contributed by atoms with van der Waals surface area (Å²) < 4.78 is 0. The van der Waals surface area contributed by atoms with Crippen LogP contribution in [0.3, 0.4) is 0 Å². The summed E-state index contributed by atoms with van der Waals surface area (Å²) in [6.45, 7) is 2.03. The van der Waals surface area contributed by atoms with Crippen LogP contribution in [-0.4, -0.2) is 0 Å². The van der Waals surface area contributed by atoms with E-state index in [0.717, 1.165) is 16.5 Å². The Kier molecular flexibility index (Phi) is 1.75. The van der Waals surface area contributed by atoms with Crippen molar-refractivity contribution in [2.75, 3.05) is 0 Å². The lowest BCUT2D eigenvalue weighted by molar-refractivity contribution is 1.46. The Balaban J connectivity index is 2.86. The van der Waals surface area contributed by atoms with Gasteiger partial charge in [-0.3, -0.25) is 0 Å². The van der Waals surface area contributed by atoms with Crippen LogP contribution in [0.4, 0.5) is 0 Å². The third-order valence-electron chi connectivity index (χ3n) is 2.20. The van der Waals surface area contributed by atoms with Crippen LogP contribution in [0.15, 0.2) is 36.4 Å². The minimum atomic E-state index is 0.733. The Morgan fingerprint density at radius 1 is 1.15 bits per heavy atom. The van der Waals surface area contributed by atoms with Crippen LogP contribution in [0.5, 0.6) is 0 Å². The highest BCUT2D eigenvalue weighted by Gasteiger charge is 1.98. The van der Waals surface area contributed by atoms with Gasteiger partial charge in [-0.05, 0) is 35.4 Å². The molecule has 0 spiro atoms. The molecule has 0 N–H and O–H groups in total. The van der Waals surface area contributed by atoms with E-state index in [-0.39, 0.29) is 0 Å². The summed E-state index contributed by atoms with van der Waals surface area (Å²) in [5.41, 5.74) is 1.89. The van der Waals surface area contributed by atoms with Gasteiger partial charge in [0.2, 0.25) is 0 Å². The summed E-state index contributed by atoms with van der Waals surface area (Å²) in [7, 11) is 0. The maximum Gasteiger partial charge on any atom is 0.0991 e. The van der Waals surface area contributed by atoms with E-state index in [0.29, 0.717) is 0 Å². The zero-order chi connectivity index (χ0) is 9.26. The van der Waals surface area contributed by atoms with Crippen molar-refractivity contribution in [3.63, 3.8) is 0 Å². The van der Waals surface area contributed by atoms with Gasteiger partial charge in [-0.15, -0.1) is 0 Å². The molecule has 0 heterocycles. The molecule has 13 heavy (non-hydrogen) atoms. The summed E-state index contributed by atoms with van der Waals surface area (Å²) in [5, 5.41) is 11.1. The summed E-state index contributed by atoms with van der Waals surface area (Å²) in [6, 6.07) is 14.1. The summed E-state index contributed by atoms with van der Waals surface area (Å²) >= 11 is 0. The number of rotatable bonds is 0. The third-order valence-corrected chi connectivity index (χ3v) is 2.20. The van der Waals surface area contributed by atoms with Crippen LogP contribution in [-0.2, 0) is 0 Å². The van der Waals surface area contributed by atoms with Crippen molar-refractivity contribution in [3.05, 3.63) is 47.5 Å². The lowest BCUT2D eigenvalue weighted by atomic mass is 10.0. The molecule has 0 fully saturated rings. The summed E-state index contributed by atoms with van der Waals surface area (Å²) in [5.74, 6) is 0. The molecule has 0 aliphatic carbocycles. The number of fused-ring (bicyclic) bond motifs is 1. The SMILES string of the molecule is Cc1cc(C#N)cc2ccccc12. The molecule has 0 bridgehead atoms. The number of benzene rings is 2. The van der Waals surface area contributed by atoms with E-state index in [4.69, 9.17) is 5.26 Å². The normalized spacial score (nSPS) is 9.85. The minimum absolute atomic E-state index is 0.733. The lowest BCUT2D eigenvalue weighted by Gasteiger charge is -2.01. The molecule has 0 atom stereocenters. The van der Waals surface area contributed by atoms with Crippen LogP contribution in [0.2, 0.25) is 0 Å². The monoisotopic (exact) mass is 167 g/mol. The second kappa shape index (κ2) is 2.91. The van der Waals surface area contributed by atoms with E-state index in [1.165, 1.54) is 5.39 Å². The molecule has 0 aliphatic rings. The number of hydrogen-bond acceptors (Lipinski definition) is 1. The highest BCUT2D eigenvalue weighted by molar-refractivity contribution is 5.86. The molecule has 2 aromatic carbocycles. The Labute approximate surface area is 77.2 Å². The highest BCUT2D eigenvalue weighted by Crippen LogP contribution is 2.19. The van der Waals surface area contributed by atoms with Gasteiger partial charge in [0.15, 0.2) is 0 Å². The molecule has 0 amide bonds. The van der Waals surface area contributed by atoms with Gasteiger partial charge in [0.05, 0.1) is 11.6 Å². The van der Waals surface area contributed by atoms with E-state index >= 15 is 0 Å². The second-order valence-corrected chi connectivity index (χ2v) is 3.13. The van der Waals surface area contributed by atoms with Crippen molar-refractivity contribution in [3.8, 4) is 6.07 Å². The van der Waals surface area contributed by atoms with E-state index in [1.807, 2.05) is 37.3 Å². The molecule has 0 aliphatic heterocycles. The van der Waals surface area contributed by atoms with Gasteiger partial charge < -0.3 is 0 Å². The van der Waals surface area contributed by atoms with Crippen molar-refractivity contribution in [2.45, 2.75) is 6.92 Å². The first kappa shape index (κ1) is 7.82. The van der Waals surface area contributed by atoms with E-state index in [9.17, 15) is 0 Å². The van der Waals surface area contributed by atoms with Crippen LogP contribution >= 0.6 is 0 Å². The molecule has 62 valence electrons. The quantitative estimate of drug-likeness (QED) is 0.591.